The van der Waals surface area contributed by atoms with E-state index in [4.69, 9.17) is 5.73 Å². The van der Waals surface area contributed by atoms with Crippen LogP contribution in [-0.2, 0) is 0 Å². The van der Waals surface area contributed by atoms with Crippen molar-refractivity contribution in [3.63, 3.8) is 0 Å². The third kappa shape index (κ3) is 1.27. The first-order chi connectivity index (χ1) is 6.09. The topological polar surface area (TPSA) is 56.2 Å². The largest absolute Gasteiger partial charge is 0.382 e. The van der Waals surface area contributed by atoms with E-state index in [1.165, 1.54) is 0 Å². The van der Waals surface area contributed by atoms with Crippen molar-refractivity contribution in [2.45, 2.75) is 13.8 Å². The first-order valence-electron chi connectivity index (χ1n) is 3.87. The Kier molecular flexibility index (Phi) is 1.90. The Bertz CT molecular complexity index is 474. The number of aryl methyl sites for hydroxylation is 2. The minimum absolute atomic E-state index is 0.546. The molecule has 0 fully saturated rings. The van der Waals surface area contributed by atoms with Gasteiger partial charge in [-0.25, -0.2) is 9.97 Å². The van der Waals surface area contributed by atoms with Crippen LogP contribution in [0.15, 0.2) is 6.20 Å². The van der Waals surface area contributed by atoms with E-state index in [-0.39, 0.29) is 0 Å². The SMILES string of the molecule is Cc1cn2c(C)nc(I)c2c(N)n1. The lowest BCUT2D eigenvalue weighted by Crippen LogP contribution is -1.99. The van der Waals surface area contributed by atoms with Gasteiger partial charge in [0.1, 0.15) is 15.0 Å². The van der Waals surface area contributed by atoms with Gasteiger partial charge >= 0.3 is 0 Å². The van der Waals surface area contributed by atoms with Crippen molar-refractivity contribution in [3.05, 3.63) is 21.4 Å². The Morgan fingerprint density at radius 1 is 1.38 bits per heavy atom. The number of nitrogen functional groups attached to an aromatic ring is 1. The van der Waals surface area contributed by atoms with E-state index >= 15 is 0 Å². The van der Waals surface area contributed by atoms with Crippen LogP contribution in [-0.4, -0.2) is 14.4 Å². The zero-order valence-electron chi connectivity index (χ0n) is 7.37. The predicted octanol–water partition coefficient (Wildman–Crippen LogP) is 1.53. The van der Waals surface area contributed by atoms with Crippen molar-refractivity contribution >= 4 is 33.9 Å². The molecule has 0 saturated heterocycles. The molecule has 4 nitrogen and oxygen atoms in total. The Morgan fingerprint density at radius 2 is 2.08 bits per heavy atom. The van der Waals surface area contributed by atoms with Crippen LogP contribution < -0.4 is 5.73 Å². The molecule has 0 bridgehead atoms. The van der Waals surface area contributed by atoms with Crippen LogP contribution in [0.25, 0.3) is 5.52 Å². The second kappa shape index (κ2) is 2.83. The monoisotopic (exact) mass is 288 g/mol. The number of nitrogens with zero attached hydrogens (tertiary/aromatic N) is 3. The minimum atomic E-state index is 0.546. The predicted molar refractivity (Wildman–Crippen MR) is 59.6 cm³/mol. The summed E-state index contributed by atoms with van der Waals surface area (Å²) in [6.45, 7) is 3.87. The second-order valence-electron chi connectivity index (χ2n) is 2.94. The van der Waals surface area contributed by atoms with E-state index in [9.17, 15) is 0 Å². The Balaban J connectivity index is 2.97. The van der Waals surface area contributed by atoms with E-state index in [1.807, 2.05) is 24.4 Å². The molecule has 0 saturated carbocycles. The van der Waals surface area contributed by atoms with Crippen LogP contribution in [0.3, 0.4) is 0 Å². The summed E-state index contributed by atoms with van der Waals surface area (Å²) >= 11 is 2.16. The van der Waals surface area contributed by atoms with Crippen LogP contribution in [0.2, 0.25) is 0 Å². The highest BCUT2D eigenvalue weighted by Crippen LogP contribution is 2.19. The molecule has 5 heteroatoms. The zero-order chi connectivity index (χ0) is 9.59. The lowest BCUT2D eigenvalue weighted by molar-refractivity contribution is 1.01. The van der Waals surface area contributed by atoms with Crippen LogP contribution in [0.5, 0.6) is 0 Å². The number of halogens is 1. The maximum Gasteiger partial charge on any atom is 0.150 e. The van der Waals surface area contributed by atoms with E-state index in [0.29, 0.717) is 5.82 Å². The molecule has 0 unspecified atom stereocenters. The molecule has 0 aliphatic carbocycles. The molecule has 2 aromatic heterocycles. The number of rotatable bonds is 0. The van der Waals surface area contributed by atoms with Gasteiger partial charge in [0, 0.05) is 6.20 Å². The van der Waals surface area contributed by atoms with Crippen LogP contribution in [0, 0.1) is 17.5 Å². The van der Waals surface area contributed by atoms with Gasteiger partial charge in [0.15, 0.2) is 5.82 Å². The maximum absolute atomic E-state index is 5.79. The molecule has 2 heterocycles. The molecule has 2 N–H and O–H groups in total. The van der Waals surface area contributed by atoms with Crippen molar-refractivity contribution in [1.29, 1.82) is 0 Å². The summed E-state index contributed by atoms with van der Waals surface area (Å²) in [4.78, 5) is 8.51. The molecular weight excluding hydrogens is 279 g/mol. The fraction of sp³-hybridized carbons (Fsp3) is 0.250. The highest BCUT2D eigenvalue weighted by molar-refractivity contribution is 14.1. The summed E-state index contributed by atoms with van der Waals surface area (Å²) in [5, 5.41) is 0. The Morgan fingerprint density at radius 3 is 2.77 bits per heavy atom. The first kappa shape index (κ1) is 8.74. The fourth-order valence-corrected chi connectivity index (χ4v) is 2.24. The molecular formula is C8H9IN4. The quantitative estimate of drug-likeness (QED) is 0.748. The number of imidazole rings is 1. The highest BCUT2D eigenvalue weighted by Gasteiger charge is 2.09. The normalized spacial score (nSPS) is 11.0. The van der Waals surface area contributed by atoms with Gasteiger partial charge < -0.3 is 5.73 Å². The van der Waals surface area contributed by atoms with Crippen LogP contribution >= 0.6 is 22.6 Å². The van der Waals surface area contributed by atoms with Crippen molar-refractivity contribution in [2.75, 3.05) is 5.73 Å². The van der Waals surface area contributed by atoms with E-state index in [1.54, 1.807) is 0 Å². The van der Waals surface area contributed by atoms with E-state index in [0.717, 1.165) is 20.7 Å². The molecule has 0 spiro atoms. The van der Waals surface area contributed by atoms with Gasteiger partial charge in [-0.15, -0.1) is 0 Å². The number of aromatic nitrogens is 3. The lowest BCUT2D eigenvalue weighted by atomic mass is 10.4. The van der Waals surface area contributed by atoms with Gasteiger partial charge in [-0.2, -0.15) is 0 Å². The summed E-state index contributed by atoms with van der Waals surface area (Å²) in [5.74, 6) is 1.49. The molecule has 68 valence electrons. The molecule has 13 heavy (non-hydrogen) atoms. The number of anilines is 1. The Labute approximate surface area is 89.3 Å². The number of hydrogen-bond acceptors (Lipinski definition) is 3. The van der Waals surface area contributed by atoms with Crippen LogP contribution in [0.4, 0.5) is 5.82 Å². The zero-order valence-corrected chi connectivity index (χ0v) is 9.53. The van der Waals surface area contributed by atoms with Gasteiger partial charge in [0.25, 0.3) is 0 Å². The van der Waals surface area contributed by atoms with Crippen molar-refractivity contribution < 1.29 is 0 Å². The standard InChI is InChI=1S/C8H9IN4/c1-4-3-13-5(2)12-7(9)6(13)8(10)11-4/h3H,1-2H3,(H2,10,11). The number of nitrogens with two attached hydrogens (primary N) is 1. The van der Waals surface area contributed by atoms with Gasteiger partial charge in [0.2, 0.25) is 0 Å². The van der Waals surface area contributed by atoms with Crippen molar-refractivity contribution in [3.8, 4) is 0 Å². The third-order valence-corrected chi connectivity index (χ3v) is 2.65. The molecule has 0 atom stereocenters. The van der Waals surface area contributed by atoms with Gasteiger partial charge in [-0.1, -0.05) is 0 Å². The lowest BCUT2D eigenvalue weighted by Gasteiger charge is -2.01. The molecule has 0 aliphatic rings. The van der Waals surface area contributed by atoms with Crippen LogP contribution in [0.1, 0.15) is 11.5 Å². The highest BCUT2D eigenvalue weighted by atomic mass is 127. The molecule has 0 aliphatic heterocycles. The van der Waals surface area contributed by atoms with Gasteiger partial charge in [-0.3, -0.25) is 4.40 Å². The summed E-state index contributed by atoms with van der Waals surface area (Å²) in [6, 6.07) is 0. The fourth-order valence-electron chi connectivity index (χ4n) is 1.36. The average molecular weight is 288 g/mol. The van der Waals surface area contributed by atoms with Gasteiger partial charge in [-0.05, 0) is 36.4 Å². The molecule has 2 rings (SSSR count). The summed E-state index contributed by atoms with van der Waals surface area (Å²) in [6.07, 6.45) is 1.94. The third-order valence-electron chi connectivity index (χ3n) is 1.90. The van der Waals surface area contributed by atoms with Gasteiger partial charge in [0.05, 0.1) is 5.69 Å². The summed E-state index contributed by atoms with van der Waals surface area (Å²) < 4.78 is 2.87. The molecule has 0 amide bonds. The van der Waals surface area contributed by atoms with E-state index in [2.05, 4.69) is 32.6 Å². The Hall–Kier alpha value is -0.850. The maximum atomic E-state index is 5.79. The smallest absolute Gasteiger partial charge is 0.150 e. The minimum Gasteiger partial charge on any atom is -0.382 e. The van der Waals surface area contributed by atoms with Crippen molar-refractivity contribution in [1.82, 2.24) is 14.4 Å². The molecule has 0 aromatic carbocycles. The summed E-state index contributed by atoms with van der Waals surface area (Å²) in [5.41, 5.74) is 7.61. The van der Waals surface area contributed by atoms with E-state index < -0.39 is 0 Å². The number of fused-ring (bicyclic) bond motifs is 1. The summed E-state index contributed by atoms with van der Waals surface area (Å²) in [7, 11) is 0. The first-order valence-corrected chi connectivity index (χ1v) is 4.94. The molecule has 2 aromatic rings. The van der Waals surface area contributed by atoms with Crippen molar-refractivity contribution in [2.24, 2.45) is 0 Å². The second-order valence-corrected chi connectivity index (χ2v) is 3.96. The average Bonchev–Trinajstić information content (AvgIpc) is 2.27. The molecule has 0 radical (unpaired) electrons. The number of hydrogen-bond donors (Lipinski definition) is 1.